The van der Waals surface area contributed by atoms with Crippen molar-refractivity contribution >= 4 is 16.9 Å². The van der Waals surface area contributed by atoms with Crippen molar-refractivity contribution in [3.8, 4) is 0 Å². The van der Waals surface area contributed by atoms with Gasteiger partial charge in [-0.1, -0.05) is 32.0 Å². The molecule has 4 heteroatoms. The van der Waals surface area contributed by atoms with Gasteiger partial charge in [-0.15, -0.1) is 0 Å². The molecule has 0 aliphatic heterocycles. The third-order valence-corrected chi connectivity index (χ3v) is 3.99. The summed E-state index contributed by atoms with van der Waals surface area (Å²) in [6.07, 6.45) is 2.74. The van der Waals surface area contributed by atoms with E-state index in [0.29, 0.717) is 0 Å². The van der Waals surface area contributed by atoms with Gasteiger partial charge in [0.2, 0.25) is 0 Å². The minimum absolute atomic E-state index is 0.327. The zero-order valence-electron chi connectivity index (χ0n) is 14.9. The average Bonchev–Trinajstić information content (AvgIpc) is 2.91. The molecule has 1 aliphatic carbocycles. The number of aromatic nitrogens is 1. The molecule has 0 amide bonds. The van der Waals surface area contributed by atoms with E-state index in [1.54, 1.807) is 14.2 Å². The highest BCUT2D eigenvalue weighted by molar-refractivity contribution is 5.91. The lowest BCUT2D eigenvalue weighted by atomic mass is 9.85. The Bertz CT molecular complexity index is 631. The topological polar surface area (TPSA) is 51.5 Å². The highest BCUT2D eigenvalue weighted by Gasteiger charge is 2.31. The van der Waals surface area contributed by atoms with Gasteiger partial charge >= 0.3 is 5.97 Å². The van der Waals surface area contributed by atoms with Crippen LogP contribution in [-0.4, -0.2) is 29.9 Å². The summed E-state index contributed by atoms with van der Waals surface area (Å²) in [6.45, 7) is 7.03. The number of aliphatic carboxylic acids is 1. The van der Waals surface area contributed by atoms with Crippen LogP contribution in [0.4, 0.5) is 0 Å². The van der Waals surface area contributed by atoms with E-state index in [-0.39, 0.29) is 5.92 Å². The molecule has 128 valence electrons. The summed E-state index contributed by atoms with van der Waals surface area (Å²) < 4.78 is 6.53. The van der Waals surface area contributed by atoms with Crippen molar-refractivity contribution in [3.05, 3.63) is 35.5 Å². The van der Waals surface area contributed by atoms with Gasteiger partial charge < -0.3 is 14.4 Å². The maximum absolute atomic E-state index is 11.4. The fraction of sp³-hybridized carbons (Fsp3) is 0.526. The van der Waals surface area contributed by atoms with Crippen molar-refractivity contribution in [2.24, 2.45) is 0 Å². The van der Waals surface area contributed by atoms with Crippen molar-refractivity contribution in [2.45, 2.75) is 52.5 Å². The number of ether oxygens (including phenoxy) is 1. The molecule has 3 rings (SSSR count). The molecule has 0 fully saturated rings. The summed E-state index contributed by atoms with van der Waals surface area (Å²) in [7, 11) is 3.25. The highest BCUT2D eigenvalue weighted by Crippen LogP contribution is 2.39. The fourth-order valence-electron chi connectivity index (χ4n) is 3.27. The molecule has 0 spiro atoms. The van der Waals surface area contributed by atoms with E-state index < -0.39 is 5.97 Å². The minimum Gasteiger partial charge on any atom is -0.481 e. The maximum atomic E-state index is 11.4. The van der Waals surface area contributed by atoms with Gasteiger partial charge in [0.05, 0.1) is 5.92 Å². The van der Waals surface area contributed by atoms with Crippen molar-refractivity contribution in [2.75, 3.05) is 14.2 Å². The van der Waals surface area contributed by atoms with E-state index in [4.69, 9.17) is 0 Å². The molecule has 1 aromatic carbocycles. The molecule has 1 heterocycles. The van der Waals surface area contributed by atoms with Crippen LogP contribution >= 0.6 is 0 Å². The molecule has 1 unspecified atom stereocenters. The number of para-hydroxylation sites is 1. The molecule has 0 bridgehead atoms. The molecule has 0 saturated heterocycles. The van der Waals surface area contributed by atoms with Gasteiger partial charge in [0, 0.05) is 37.4 Å². The first-order valence-electron chi connectivity index (χ1n) is 8.38. The Morgan fingerprint density at radius 1 is 1.30 bits per heavy atom. The fourth-order valence-corrected chi connectivity index (χ4v) is 3.27. The number of aryl methyl sites for hydroxylation is 1. The Morgan fingerprint density at radius 2 is 1.91 bits per heavy atom. The van der Waals surface area contributed by atoms with Gasteiger partial charge in [0.25, 0.3) is 0 Å². The molecule has 0 saturated carbocycles. The Hall–Kier alpha value is -1.81. The Kier molecular flexibility index (Phi) is 7.83. The number of fused-ring (bicyclic) bond motifs is 3. The van der Waals surface area contributed by atoms with Gasteiger partial charge in [-0.05, 0) is 37.8 Å². The largest absolute Gasteiger partial charge is 0.481 e. The lowest BCUT2D eigenvalue weighted by Gasteiger charge is -2.21. The van der Waals surface area contributed by atoms with Crippen LogP contribution < -0.4 is 0 Å². The Morgan fingerprint density at radius 3 is 2.48 bits per heavy atom. The summed E-state index contributed by atoms with van der Waals surface area (Å²) in [5.74, 6) is -1.01. The van der Waals surface area contributed by atoms with E-state index in [2.05, 4.69) is 28.4 Å². The van der Waals surface area contributed by atoms with Crippen LogP contribution in [0.25, 0.3) is 10.9 Å². The van der Waals surface area contributed by atoms with Crippen LogP contribution in [0.3, 0.4) is 0 Å². The number of carboxylic acids is 1. The average molecular weight is 319 g/mol. The lowest BCUT2D eigenvalue weighted by molar-refractivity contribution is -0.139. The standard InChI is InChI=1S/C15H17NO2.C2H6O.C2H6/c1-2-16-12-8-4-3-6-10(12)14-11(15(17)18)7-5-9-13(14)16;1-3-2;1-2/h3-4,6,8,11H,2,5,7,9H2,1H3,(H,17,18);1-2H3;1-2H3. The summed E-state index contributed by atoms with van der Waals surface area (Å²) in [5.41, 5.74) is 3.47. The van der Waals surface area contributed by atoms with Crippen molar-refractivity contribution < 1.29 is 14.6 Å². The van der Waals surface area contributed by atoms with Gasteiger partial charge in [0.1, 0.15) is 0 Å². The van der Waals surface area contributed by atoms with Gasteiger partial charge in [0.15, 0.2) is 0 Å². The first kappa shape index (κ1) is 19.2. The summed E-state index contributed by atoms with van der Waals surface area (Å²) in [4.78, 5) is 11.4. The van der Waals surface area contributed by atoms with E-state index in [1.165, 1.54) is 11.2 Å². The van der Waals surface area contributed by atoms with Crippen molar-refractivity contribution in [3.63, 3.8) is 0 Å². The second-order valence-corrected chi connectivity index (χ2v) is 5.31. The smallest absolute Gasteiger partial charge is 0.311 e. The second-order valence-electron chi connectivity index (χ2n) is 5.31. The van der Waals surface area contributed by atoms with E-state index in [1.807, 2.05) is 26.0 Å². The molecule has 1 atom stereocenters. The molecule has 1 N–H and O–H groups in total. The van der Waals surface area contributed by atoms with Crippen molar-refractivity contribution in [1.82, 2.24) is 4.57 Å². The number of methoxy groups -OCH3 is 1. The van der Waals surface area contributed by atoms with Gasteiger partial charge in [-0.3, -0.25) is 4.79 Å². The SMILES string of the molecule is CC.CCn1c2c(c3ccccc31)C(C(=O)O)CCC2.COC. The monoisotopic (exact) mass is 319 g/mol. The van der Waals surface area contributed by atoms with E-state index in [0.717, 1.165) is 36.8 Å². The number of hydrogen-bond donors (Lipinski definition) is 1. The molecule has 2 aromatic rings. The summed E-state index contributed by atoms with van der Waals surface area (Å²) in [6, 6.07) is 8.17. The number of benzene rings is 1. The first-order chi connectivity index (χ1) is 11.2. The van der Waals surface area contributed by atoms with Crippen LogP contribution in [0, 0.1) is 0 Å². The molecule has 1 aromatic heterocycles. The minimum atomic E-state index is -0.685. The molecule has 4 nitrogen and oxygen atoms in total. The van der Waals surface area contributed by atoms with Gasteiger partial charge in [-0.2, -0.15) is 0 Å². The number of nitrogens with zero attached hydrogens (tertiary/aromatic N) is 1. The number of carboxylic acid groups (broad SMARTS) is 1. The predicted octanol–water partition coefficient (Wildman–Crippen LogP) is 4.45. The van der Waals surface area contributed by atoms with Crippen LogP contribution in [0.15, 0.2) is 24.3 Å². The molecule has 0 radical (unpaired) electrons. The quantitative estimate of drug-likeness (QED) is 0.889. The van der Waals surface area contributed by atoms with Gasteiger partial charge in [-0.25, -0.2) is 0 Å². The Balaban J connectivity index is 0.000000477. The first-order valence-corrected chi connectivity index (χ1v) is 8.38. The predicted molar refractivity (Wildman–Crippen MR) is 95.2 cm³/mol. The van der Waals surface area contributed by atoms with Crippen LogP contribution in [0.1, 0.15) is 50.8 Å². The second kappa shape index (κ2) is 9.36. The zero-order valence-corrected chi connectivity index (χ0v) is 14.9. The molecule has 23 heavy (non-hydrogen) atoms. The molecule has 1 aliphatic rings. The third kappa shape index (κ3) is 3.94. The Labute approximate surface area is 139 Å². The summed E-state index contributed by atoms with van der Waals surface area (Å²) >= 11 is 0. The third-order valence-electron chi connectivity index (χ3n) is 3.99. The van der Waals surface area contributed by atoms with E-state index in [9.17, 15) is 9.90 Å². The normalized spacial score (nSPS) is 15.8. The molecular weight excluding hydrogens is 290 g/mol. The summed E-state index contributed by atoms with van der Waals surface area (Å²) in [5, 5.41) is 10.5. The van der Waals surface area contributed by atoms with E-state index >= 15 is 0 Å². The van der Waals surface area contributed by atoms with Crippen molar-refractivity contribution in [1.29, 1.82) is 0 Å². The van der Waals surface area contributed by atoms with Crippen LogP contribution in [-0.2, 0) is 22.5 Å². The highest BCUT2D eigenvalue weighted by atomic mass is 16.4. The molecular formula is C19H29NO3. The lowest BCUT2D eigenvalue weighted by Crippen LogP contribution is -2.18. The zero-order chi connectivity index (χ0) is 17.4. The number of carbonyl (C=O) groups is 1. The number of hydrogen-bond acceptors (Lipinski definition) is 2. The maximum Gasteiger partial charge on any atom is 0.311 e. The van der Waals surface area contributed by atoms with Crippen LogP contribution in [0.2, 0.25) is 0 Å². The number of rotatable bonds is 2. The van der Waals surface area contributed by atoms with Crippen LogP contribution in [0.5, 0.6) is 0 Å².